The van der Waals surface area contributed by atoms with E-state index in [0.717, 1.165) is 18.6 Å². The Morgan fingerprint density at radius 3 is 2.44 bits per heavy atom. The zero-order valence-corrected chi connectivity index (χ0v) is 5.91. The third kappa shape index (κ3) is 1.41. The van der Waals surface area contributed by atoms with E-state index in [4.69, 9.17) is 5.41 Å². The van der Waals surface area contributed by atoms with Crippen molar-refractivity contribution in [2.75, 3.05) is 0 Å². The number of nitrogens with one attached hydrogen (secondary N) is 1. The molecule has 1 saturated carbocycles. The van der Waals surface area contributed by atoms with Crippen LogP contribution < -0.4 is 0 Å². The molecule has 1 aliphatic rings. The maximum Gasteiger partial charge on any atom is 0.0342 e. The fourth-order valence-electron chi connectivity index (χ4n) is 1.25. The monoisotopic (exact) mass is 123 g/mol. The number of allylic oxidation sites excluding steroid dienone is 2. The summed E-state index contributed by atoms with van der Waals surface area (Å²) in [5.41, 5.74) is 2.13. The standard InChI is InChI=1S/C8H13N/c1-2-7-5-3-4-6-8(7)9/h2,9H,3-6H2,1H3/b7-2-,9-8?. The largest absolute Gasteiger partial charge is 0.305 e. The zero-order chi connectivity index (χ0) is 6.69. The molecule has 0 heterocycles. The molecule has 0 atom stereocenters. The van der Waals surface area contributed by atoms with Gasteiger partial charge in [0, 0.05) is 5.71 Å². The van der Waals surface area contributed by atoms with Crippen LogP contribution in [0.1, 0.15) is 32.6 Å². The zero-order valence-electron chi connectivity index (χ0n) is 5.91. The van der Waals surface area contributed by atoms with E-state index in [1.54, 1.807) is 0 Å². The second-order valence-electron chi connectivity index (χ2n) is 2.50. The fraction of sp³-hybridized carbons (Fsp3) is 0.625. The molecule has 1 aliphatic carbocycles. The molecule has 0 aliphatic heterocycles. The quantitative estimate of drug-likeness (QED) is 0.511. The van der Waals surface area contributed by atoms with E-state index in [2.05, 4.69) is 6.08 Å². The highest BCUT2D eigenvalue weighted by Crippen LogP contribution is 2.19. The molecule has 0 radical (unpaired) electrons. The van der Waals surface area contributed by atoms with Crippen LogP contribution in [0.2, 0.25) is 0 Å². The van der Waals surface area contributed by atoms with Gasteiger partial charge in [-0.3, -0.25) is 0 Å². The van der Waals surface area contributed by atoms with Gasteiger partial charge in [0.2, 0.25) is 0 Å². The van der Waals surface area contributed by atoms with E-state index in [-0.39, 0.29) is 0 Å². The Kier molecular flexibility index (Phi) is 2.04. The molecule has 9 heavy (non-hydrogen) atoms. The minimum absolute atomic E-state index is 0.865. The Hall–Kier alpha value is -0.590. The van der Waals surface area contributed by atoms with Gasteiger partial charge in [0.05, 0.1) is 0 Å². The van der Waals surface area contributed by atoms with E-state index < -0.39 is 0 Å². The molecule has 0 amide bonds. The minimum atomic E-state index is 0.865. The van der Waals surface area contributed by atoms with Gasteiger partial charge in [-0.2, -0.15) is 0 Å². The first kappa shape index (κ1) is 6.53. The van der Waals surface area contributed by atoms with Crippen LogP contribution in [0.5, 0.6) is 0 Å². The molecule has 0 aromatic carbocycles. The van der Waals surface area contributed by atoms with Crippen LogP contribution in [-0.2, 0) is 0 Å². The predicted octanol–water partition coefficient (Wildman–Crippen LogP) is 2.53. The maximum atomic E-state index is 7.48. The molecule has 0 aromatic heterocycles. The summed E-state index contributed by atoms with van der Waals surface area (Å²) in [7, 11) is 0. The maximum absolute atomic E-state index is 7.48. The number of rotatable bonds is 0. The van der Waals surface area contributed by atoms with Crippen molar-refractivity contribution in [2.24, 2.45) is 0 Å². The minimum Gasteiger partial charge on any atom is -0.305 e. The van der Waals surface area contributed by atoms with Crippen molar-refractivity contribution >= 4 is 5.71 Å². The molecule has 1 N–H and O–H groups in total. The first-order chi connectivity index (χ1) is 4.34. The molecule has 1 nitrogen and oxygen atoms in total. The van der Waals surface area contributed by atoms with Crippen molar-refractivity contribution in [1.29, 1.82) is 5.41 Å². The van der Waals surface area contributed by atoms with Crippen LogP contribution in [0, 0.1) is 5.41 Å². The van der Waals surface area contributed by atoms with Gasteiger partial charge in [-0.15, -0.1) is 0 Å². The van der Waals surface area contributed by atoms with Crippen molar-refractivity contribution in [1.82, 2.24) is 0 Å². The molecular formula is C8H13N. The van der Waals surface area contributed by atoms with Gasteiger partial charge in [-0.05, 0) is 38.2 Å². The summed E-state index contributed by atoms with van der Waals surface area (Å²) in [5, 5.41) is 7.48. The summed E-state index contributed by atoms with van der Waals surface area (Å²) >= 11 is 0. The molecule has 1 heteroatoms. The summed E-state index contributed by atoms with van der Waals surface area (Å²) in [6.07, 6.45) is 6.70. The molecular weight excluding hydrogens is 110 g/mol. The molecule has 0 saturated heterocycles. The fourth-order valence-corrected chi connectivity index (χ4v) is 1.25. The van der Waals surface area contributed by atoms with Crippen molar-refractivity contribution in [2.45, 2.75) is 32.6 Å². The number of hydrogen-bond donors (Lipinski definition) is 1. The lowest BCUT2D eigenvalue weighted by Crippen LogP contribution is -2.06. The van der Waals surface area contributed by atoms with Gasteiger partial charge < -0.3 is 5.41 Å². The smallest absolute Gasteiger partial charge is 0.0342 e. The topological polar surface area (TPSA) is 23.9 Å². The lowest BCUT2D eigenvalue weighted by atomic mass is 9.93. The lowest BCUT2D eigenvalue weighted by molar-refractivity contribution is 0.729. The molecule has 0 bridgehead atoms. The lowest BCUT2D eigenvalue weighted by Gasteiger charge is -2.13. The predicted molar refractivity (Wildman–Crippen MR) is 40.0 cm³/mol. The van der Waals surface area contributed by atoms with Crippen molar-refractivity contribution in [3.8, 4) is 0 Å². The van der Waals surface area contributed by atoms with Crippen LogP contribution in [0.4, 0.5) is 0 Å². The van der Waals surface area contributed by atoms with E-state index in [1.807, 2.05) is 6.92 Å². The third-order valence-electron chi connectivity index (χ3n) is 1.86. The van der Waals surface area contributed by atoms with Gasteiger partial charge >= 0.3 is 0 Å². The van der Waals surface area contributed by atoms with Crippen LogP contribution in [-0.4, -0.2) is 5.71 Å². The molecule has 1 rings (SSSR count). The van der Waals surface area contributed by atoms with Gasteiger partial charge in [-0.25, -0.2) is 0 Å². The Balaban J connectivity index is 2.60. The normalized spacial score (nSPS) is 25.0. The Bertz CT molecular complexity index is 145. The van der Waals surface area contributed by atoms with Crippen LogP contribution >= 0.6 is 0 Å². The average molecular weight is 123 g/mol. The molecule has 0 unspecified atom stereocenters. The first-order valence-electron chi connectivity index (χ1n) is 3.57. The average Bonchev–Trinajstić information content (AvgIpc) is 1.89. The van der Waals surface area contributed by atoms with Crippen LogP contribution in [0.3, 0.4) is 0 Å². The highest BCUT2D eigenvalue weighted by Gasteiger charge is 2.08. The van der Waals surface area contributed by atoms with Crippen molar-refractivity contribution < 1.29 is 0 Å². The van der Waals surface area contributed by atoms with Crippen LogP contribution in [0.15, 0.2) is 11.6 Å². The first-order valence-corrected chi connectivity index (χ1v) is 3.57. The summed E-state index contributed by atoms with van der Waals surface area (Å²) in [5.74, 6) is 0. The number of hydrogen-bond acceptors (Lipinski definition) is 1. The molecule has 50 valence electrons. The Morgan fingerprint density at radius 2 is 2.00 bits per heavy atom. The van der Waals surface area contributed by atoms with Crippen molar-refractivity contribution in [3.05, 3.63) is 11.6 Å². The second-order valence-corrected chi connectivity index (χ2v) is 2.50. The Labute approximate surface area is 56.3 Å². The Morgan fingerprint density at radius 1 is 1.33 bits per heavy atom. The second kappa shape index (κ2) is 2.81. The summed E-state index contributed by atoms with van der Waals surface area (Å²) in [6.45, 7) is 2.02. The third-order valence-corrected chi connectivity index (χ3v) is 1.86. The van der Waals surface area contributed by atoms with Gasteiger partial charge in [0.1, 0.15) is 0 Å². The van der Waals surface area contributed by atoms with Gasteiger partial charge in [0.15, 0.2) is 0 Å². The van der Waals surface area contributed by atoms with E-state index >= 15 is 0 Å². The summed E-state index contributed by atoms with van der Waals surface area (Å²) < 4.78 is 0. The SMILES string of the molecule is C/C=C1/CCCCC1=N. The van der Waals surface area contributed by atoms with Crippen LogP contribution in [0.25, 0.3) is 0 Å². The van der Waals surface area contributed by atoms with Gasteiger partial charge in [0.25, 0.3) is 0 Å². The highest BCUT2D eigenvalue weighted by molar-refractivity contribution is 5.98. The van der Waals surface area contributed by atoms with E-state index in [9.17, 15) is 0 Å². The molecule has 1 fully saturated rings. The molecule has 0 spiro atoms. The van der Waals surface area contributed by atoms with E-state index in [0.29, 0.717) is 0 Å². The molecule has 0 aromatic rings. The van der Waals surface area contributed by atoms with Crippen molar-refractivity contribution in [3.63, 3.8) is 0 Å². The van der Waals surface area contributed by atoms with Gasteiger partial charge in [-0.1, -0.05) is 6.08 Å². The van der Waals surface area contributed by atoms with E-state index in [1.165, 1.54) is 18.4 Å². The summed E-state index contributed by atoms with van der Waals surface area (Å²) in [6, 6.07) is 0. The highest BCUT2D eigenvalue weighted by atomic mass is 14.4. The summed E-state index contributed by atoms with van der Waals surface area (Å²) in [4.78, 5) is 0.